The van der Waals surface area contributed by atoms with Crippen LogP contribution in [0.4, 0.5) is 4.39 Å². The van der Waals surface area contributed by atoms with E-state index in [9.17, 15) is 4.39 Å². The molecule has 0 aromatic carbocycles. The van der Waals surface area contributed by atoms with Crippen LogP contribution in [-0.2, 0) is 4.74 Å². The average molecular weight is 173 g/mol. The first-order valence-electron chi connectivity index (χ1n) is 4.73. The highest BCUT2D eigenvalue weighted by molar-refractivity contribution is 5.03. The number of hydrogen-bond donors (Lipinski definition) is 1. The van der Waals surface area contributed by atoms with Crippen molar-refractivity contribution in [1.29, 1.82) is 0 Å². The predicted octanol–water partition coefficient (Wildman–Crippen LogP) is 1.24. The summed E-state index contributed by atoms with van der Waals surface area (Å²) in [6.07, 6.45) is 3.88. The van der Waals surface area contributed by atoms with E-state index in [1.807, 2.05) is 0 Å². The van der Waals surface area contributed by atoms with Gasteiger partial charge < -0.3 is 10.5 Å². The molecule has 2 atom stereocenters. The van der Waals surface area contributed by atoms with Gasteiger partial charge in [0.05, 0.1) is 12.8 Å². The van der Waals surface area contributed by atoms with Crippen LogP contribution in [0.1, 0.15) is 25.7 Å². The van der Waals surface area contributed by atoms with Crippen molar-refractivity contribution in [2.45, 2.75) is 37.3 Å². The van der Waals surface area contributed by atoms with E-state index in [1.54, 1.807) is 0 Å². The summed E-state index contributed by atoms with van der Waals surface area (Å²) in [5.41, 5.74) is 5.74. The Bertz CT molecular complexity index is 172. The lowest BCUT2D eigenvalue weighted by molar-refractivity contribution is 0.0582. The van der Waals surface area contributed by atoms with E-state index in [1.165, 1.54) is 12.8 Å². The first-order valence-corrected chi connectivity index (χ1v) is 4.73. The van der Waals surface area contributed by atoms with Gasteiger partial charge in [0.25, 0.3) is 0 Å². The molecule has 0 spiro atoms. The maximum atomic E-state index is 12.2. The normalized spacial score (nSPS) is 42.0. The average Bonchev–Trinajstić information content (AvgIpc) is 2.77. The van der Waals surface area contributed by atoms with Gasteiger partial charge in [-0.2, -0.15) is 0 Å². The van der Waals surface area contributed by atoms with Crippen LogP contribution in [0.15, 0.2) is 0 Å². The zero-order chi connectivity index (χ0) is 8.60. The minimum absolute atomic E-state index is 0.147. The Hall–Kier alpha value is -0.150. The van der Waals surface area contributed by atoms with Gasteiger partial charge in [0.1, 0.15) is 0 Å². The van der Waals surface area contributed by atoms with Crippen LogP contribution in [0.5, 0.6) is 0 Å². The number of alkyl halides is 1. The predicted molar refractivity (Wildman–Crippen MR) is 44.6 cm³/mol. The smallest absolute Gasteiger partial charge is 0.0912 e. The fourth-order valence-electron chi connectivity index (χ4n) is 2.13. The Morgan fingerprint density at radius 1 is 1.50 bits per heavy atom. The fraction of sp³-hybridized carbons (Fsp3) is 1.00. The third-order valence-electron chi connectivity index (χ3n) is 3.04. The highest BCUT2D eigenvalue weighted by Crippen LogP contribution is 2.43. The molecular formula is C9H16FNO. The molecule has 3 heteroatoms. The molecule has 0 aromatic heterocycles. The third kappa shape index (κ3) is 1.36. The molecule has 12 heavy (non-hydrogen) atoms. The molecule has 2 N–H and O–H groups in total. The second-order valence-electron chi connectivity index (χ2n) is 4.05. The van der Waals surface area contributed by atoms with Crippen molar-refractivity contribution in [3.63, 3.8) is 0 Å². The van der Waals surface area contributed by atoms with Crippen molar-refractivity contribution in [1.82, 2.24) is 0 Å². The van der Waals surface area contributed by atoms with Crippen molar-refractivity contribution in [3.05, 3.63) is 0 Å². The van der Waals surface area contributed by atoms with E-state index in [0.29, 0.717) is 12.3 Å². The maximum absolute atomic E-state index is 12.2. The lowest BCUT2D eigenvalue weighted by Crippen LogP contribution is -2.48. The quantitative estimate of drug-likeness (QED) is 0.697. The van der Waals surface area contributed by atoms with Gasteiger partial charge in [-0.25, -0.2) is 0 Å². The first kappa shape index (κ1) is 8.45. The van der Waals surface area contributed by atoms with E-state index in [0.717, 1.165) is 13.0 Å². The molecule has 1 heterocycles. The Morgan fingerprint density at radius 2 is 2.25 bits per heavy atom. The van der Waals surface area contributed by atoms with Crippen LogP contribution in [-0.4, -0.2) is 24.9 Å². The first-order chi connectivity index (χ1) is 5.76. The Morgan fingerprint density at radius 3 is 2.83 bits per heavy atom. The molecule has 70 valence electrons. The van der Waals surface area contributed by atoms with Crippen LogP contribution < -0.4 is 5.73 Å². The molecule has 2 nitrogen and oxygen atoms in total. The van der Waals surface area contributed by atoms with Gasteiger partial charge in [-0.1, -0.05) is 0 Å². The second-order valence-corrected chi connectivity index (χ2v) is 4.05. The van der Waals surface area contributed by atoms with Crippen molar-refractivity contribution in [2.75, 3.05) is 13.3 Å². The zero-order valence-electron chi connectivity index (χ0n) is 7.26. The zero-order valence-corrected chi connectivity index (χ0v) is 7.26. The van der Waals surface area contributed by atoms with Crippen LogP contribution in [0.3, 0.4) is 0 Å². The van der Waals surface area contributed by atoms with E-state index in [2.05, 4.69) is 0 Å². The summed E-state index contributed by atoms with van der Waals surface area (Å²) in [5.74, 6) is 0.629. The summed E-state index contributed by atoms with van der Waals surface area (Å²) in [5, 5.41) is 0. The molecule has 1 saturated heterocycles. The summed E-state index contributed by atoms with van der Waals surface area (Å²) in [7, 11) is 0. The van der Waals surface area contributed by atoms with Crippen LogP contribution in [0, 0.1) is 5.92 Å². The lowest BCUT2D eigenvalue weighted by Gasteiger charge is -2.28. The minimum Gasteiger partial charge on any atom is -0.376 e. The highest BCUT2D eigenvalue weighted by Gasteiger charge is 2.48. The Balaban J connectivity index is 2.00. The molecule has 1 saturated carbocycles. The van der Waals surface area contributed by atoms with Crippen LogP contribution in [0.25, 0.3) is 0 Å². The number of hydrogen-bond acceptors (Lipinski definition) is 2. The van der Waals surface area contributed by atoms with E-state index < -0.39 is 0 Å². The molecule has 2 fully saturated rings. The van der Waals surface area contributed by atoms with Gasteiger partial charge in [0.2, 0.25) is 0 Å². The SMILES string of the molecule is NC1(CCF)CCOC1C1CC1. The number of halogens is 1. The van der Waals surface area contributed by atoms with Gasteiger partial charge in [-0.15, -0.1) is 0 Å². The number of nitrogens with two attached hydrogens (primary N) is 1. The topological polar surface area (TPSA) is 35.2 Å². The summed E-state index contributed by atoms with van der Waals surface area (Å²) in [6, 6.07) is 0. The van der Waals surface area contributed by atoms with E-state index in [-0.39, 0.29) is 18.3 Å². The molecule has 0 radical (unpaired) electrons. The Kier molecular flexibility index (Phi) is 2.09. The van der Waals surface area contributed by atoms with Crippen LogP contribution >= 0.6 is 0 Å². The molecule has 0 amide bonds. The molecule has 1 aliphatic heterocycles. The summed E-state index contributed by atoms with van der Waals surface area (Å²) in [4.78, 5) is 0. The Labute approximate surface area is 72.3 Å². The highest BCUT2D eigenvalue weighted by atomic mass is 19.1. The number of ether oxygens (including phenoxy) is 1. The summed E-state index contributed by atoms with van der Waals surface area (Å²) >= 11 is 0. The van der Waals surface area contributed by atoms with Crippen molar-refractivity contribution >= 4 is 0 Å². The van der Waals surface area contributed by atoms with Gasteiger partial charge in [-0.3, -0.25) is 4.39 Å². The molecular weight excluding hydrogens is 157 g/mol. The summed E-state index contributed by atoms with van der Waals surface area (Å²) in [6.45, 7) is 0.404. The van der Waals surface area contributed by atoms with Crippen molar-refractivity contribution < 1.29 is 9.13 Å². The molecule has 1 aliphatic carbocycles. The van der Waals surface area contributed by atoms with Gasteiger partial charge in [0, 0.05) is 12.1 Å². The third-order valence-corrected chi connectivity index (χ3v) is 3.04. The second kappa shape index (κ2) is 2.96. The number of rotatable bonds is 3. The monoisotopic (exact) mass is 173 g/mol. The molecule has 2 unspecified atom stereocenters. The maximum Gasteiger partial charge on any atom is 0.0912 e. The molecule has 2 aliphatic rings. The molecule has 0 bridgehead atoms. The fourth-order valence-corrected chi connectivity index (χ4v) is 2.13. The summed E-state index contributed by atoms with van der Waals surface area (Å²) < 4.78 is 17.8. The van der Waals surface area contributed by atoms with Gasteiger partial charge >= 0.3 is 0 Å². The van der Waals surface area contributed by atoms with E-state index in [4.69, 9.17) is 10.5 Å². The van der Waals surface area contributed by atoms with Gasteiger partial charge in [-0.05, 0) is 31.6 Å². The lowest BCUT2D eigenvalue weighted by atomic mass is 9.87. The minimum atomic E-state index is -0.351. The van der Waals surface area contributed by atoms with E-state index >= 15 is 0 Å². The van der Waals surface area contributed by atoms with Gasteiger partial charge in [0.15, 0.2) is 0 Å². The van der Waals surface area contributed by atoms with Crippen molar-refractivity contribution in [3.8, 4) is 0 Å². The van der Waals surface area contributed by atoms with Crippen LogP contribution in [0.2, 0.25) is 0 Å². The standard InChI is InChI=1S/C9H16FNO/c10-5-3-9(11)4-6-12-8(9)7-1-2-7/h7-8H,1-6,11H2. The molecule has 0 aromatic rings. The molecule has 2 rings (SSSR count). The largest absolute Gasteiger partial charge is 0.376 e. The van der Waals surface area contributed by atoms with Crippen molar-refractivity contribution in [2.24, 2.45) is 11.7 Å².